The van der Waals surface area contributed by atoms with Gasteiger partial charge in [0.05, 0.1) is 18.6 Å². The number of nitrogens with zero attached hydrogens (tertiary/aromatic N) is 1. The number of thioether (sulfide) groups is 1. The molecule has 1 aliphatic heterocycles. The van der Waals surface area contributed by atoms with Gasteiger partial charge in [-0.15, -0.1) is 0 Å². The first kappa shape index (κ1) is 14.6. The number of nitrogens with one attached hydrogen (secondary N) is 1. The lowest BCUT2D eigenvalue weighted by atomic mass is 9.93. The summed E-state index contributed by atoms with van der Waals surface area (Å²) in [6, 6.07) is 3.55. The Kier molecular flexibility index (Phi) is 5.07. The number of hydrogen-bond donors (Lipinski definition) is 2. The highest BCUT2D eigenvalue weighted by Crippen LogP contribution is 2.26. The Labute approximate surface area is 121 Å². The molecule has 0 aliphatic carbocycles. The van der Waals surface area contributed by atoms with E-state index in [2.05, 4.69) is 10.3 Å². The number of aliphatic hydroxyl groups is 1. The van der Waals surface area contributed by atoms with E-state index in [9.17, 15) is 9.90 Å². The predicted molar refractivity (Wildman–Crippen MR) is 77.5 cm³/mol. The largest absolute Gasteiger partial charge is 0.394 e. The van der Waals surface area contributed by atoms with Gasteiger partial charge >= 0.3 is 0 Å². The van der Waals surface area contributed by atoms with E-state index in [1.807, 2.05) is 11.8 Å². The van der Waals surface area contributed by atoms with Crippen molar-refractivity contribution in [3.05, 3.63) is 29.0 Å². The zero-order chi connectivity index (χ0) is 13.7. The number of carbonyl (C=O) groups excluding carboxylic acids is 1. The first-order chi connectivity index (χ1) is 9.15. The summed E-state index contributed by atoms with van der Waals surface area (Å²) >= 11 is 7.79. The van der Waals surface area contributed by atoms with E-state index in [1.54, 1.807) is 18.3 Å². The van der Waals surface area contributed by atoms with Gasteiger partial charge in [-0.3, -0.25) is 4.79 Å². The van der Waals surface area contributed by atoms with E-state index in [-0.39, 0.29) is 18.9 Å². The Morgan fingerprint density at radius 3 is 2.89 bits per heavy atom. The molecule has 19 heavy (non-hydrogen) atoms. The van der Waals surface area contributed by atoms with Crippen LogP contribution in [-0.4, -0.2) is 39.6 Å². The third kappa shape index (κ3) is 3.84. The lowest BCUT2D eigenvalue weighted by molar-refractivity contribution is -0.123. The Balaban J connectivity index is 1.98. The van der Waals surface area contributed by atoms with Crippen molar-refractivity contribution in [2.24, 2.45) is 0 Å². The minimum absolute atomic E-state index is 0.0138. The molecule has 1 fully saturated rings. The Hall–Kier alpha value is -0.780. The van der Waals surface area contributed by atoms with Crippen LogP contribution >= 0.6 is 23.4 Å². The monoisotopic (exact) mass is 300 g/mol. The second-order valence-corrected chi connectivity index (χ2v) is 6.31. The van der Waals surface area contributed by atoms with E-state index in [1.165, 1.54) is 0 Å². The first-order valence-electron chi connectivity index (χ1n) is 6.24. The number of carbonyl (C=O) groups is 1. The number of pyridine rings is 1. The number of aliphatic hydroxyl groups excluding tert-OH is 1. The van der Waals surface area contributed by atoms with Gasteiger partial charge in [0.25, 0.3) is 0 Å². The third-order valence-corrected chi connectivity index (χ3v) is 4.67. The molecule has 0 saturated carbocycles. The van der Waals surface area contributed by atoms with E-state index in [0.717, 1.165) is 24.3 Å². The van der Waals surface area contributed by atoms with E-state index < -0.39 is 5.54 Å². The standard InChI is InChI=1S/C13H17ClN2O2S/c14-12-10(2-1-5-15-12)8-11(18)16-13(9-17)3-6-19-7-4-13/h1-2,5,17H,3-4,6-9H2,(H,16,18). The molecule has 2 heterocycles. The van der Waals surface area contributed by atoms with Gasteiger partial charge in [-0.2, -0.15) is 11.8 Å². The minimum atomic E-state index is -0.461. The van der Waals surface area contributed by atoms with Crippen molar-refractivity contribution in [2.45, 2.75) is 24.8 Å². The average Bonchev–Trinajstić information content (AvgIpc) is 2.42. The van der Waals surface area contributed by atoms with E-state index in [4.69, 9.17) is 11.6 Å². The molecule has 4 nitrogen and oxygen atoms in total. The van der Waals surface area contributed by atoms with Crippen LogP contribution in [0.15, 0.2) is 18.3 Å². The zero-order valence-electron chi connectivity index (χ0n) is 10.6. The van der Waals surface area contributed by atoms with E-state index in [0.29, 0.717) is 10.7 Å². The van der Waals surface area contributed by atoms with Crippen LogP contribution in [0.3, 0.4) is 0 Å². The van der Waals surface area contributed by atoms with Gasteiger partial charge in [0.1, 0.15) is 5.15 Å². The molecule has 1 aromatic rings. The Morgan fingerprint density at radius 1 is 1.53 bits per heavy atom. The topological polar surface area (TPSA) is 62.2 Å². The third-order valence-electron chi connectivity index (χ3n) is 3.34. The molecule has 0 unspecified atom stereocenters. The zero-order valence-corrected chi connectivity index (χ0v) is 12.1. The molecule has 6 heteroatoms. The maximum Gasteiger partial charge on any atom is 0.225 e. The summed E-state index contributed by atoms with van der Waals surface area (Å²) in [6.07, 6.45) is 3.40. The molecule has 1 saturated heterocycles. The molecule has 0 aromatic carbocycles. The Morgan fingerprint density at radius 2 is 2.26 bits per heavy atom. The van der Waals surface area contributed by atoms with Gasteiger partial charge in [-0.1, -0.05) is 17.7 Å². The Bertz CT molecular complexity index is 450. The van der Waals surface area contributed by atoms with Crippen LogP contribution in [0.1, 0.15) is 18.4 Å². The summed E-state index contributed by atoms with van der Waals surface area (Å²) < 4.78 is 0. The maximum absolute atomic E-state index is 12.1. The quantitative estimate of drug-likeness (QED) is 0.830. The molecule has 0 atom stereocenters. The van der Waals surface area contributed by atoms with Gasteiger partial charge in [0.15, 0.2) is 0 Å². The van der Waals surface area contributed by atoms with Crippen molar-refractivity contribution in [3.8, 4) is 0 Å². The lowest BCUT2D eigenvalue weighted by Gasteiger charge is -2.36. The second kappa shape index (κ2) is 6.59. The van der Waals surface area contributed by atoms with Crippen LogP contribution in [0.5, 0.6) is 0 Å². The molecule has 2 N–H and O–H groups in total. The average molecular weight is 301 g/mol. The molecule has 1 amide bonds. The molecule has 2 rings (SSSR count). The van der Waals surface area contributed by atoms with Gasteiger partial charge in [-0.05, 0) is 36.0 Å². The highest BCUT2D eigenvalue weighted by atomic mass is 35.5. The number of hydrogen-bond acceptors (Lipinski definition) is 4. The van der Waals surface area contributed by atoms with Crippen LogP contribution in [0.2, 0.25) is 5.15 Å². The summed E-state index contributed by atoms with van der Waals surface area (Å²) in [5, 5.41) is 12.9. The molecular weight excluding hydrogens is 284 g/mol. The smallest absolute Gasteiger partial charge is 0.225 e. The van der Waals surface area contributed by atoms with Crippen molar-refractivity contribution in [3.63, 3.8) is 0 Å². The molecule has 1 aromatic heterocycles. The fourth-order valence-corrected chi connectivity index (χ4v) is 3.61. The summed E-state index contributed by atoms with van der Waals surface area (Å²) in [5.41, 5.74) is 0.247. The van der Waals surface area contributed by atoms with Gasteiger partial charge in [-0.25, -0.2) is 4.98 Å². The number of amides is 1. The van der Waals surface area contributed by atoms with Crippen molar-refractivity contribution >= 4 is 29.3 Å². The van der Waals surface area contributed by atoms with Crippen LogP contribution in [-0.2, 0) is 11.2 Å². The molecule has 0 bridgehead atoms. The van der Waals surface area contributed by atoms with Crippen LogP contribution in [0, 0.1) is 0 Å². The van der Waals surface area contributed by atoms with Gasteiger partial charge in [0, 0.05) is 6.20 Å². The van der Waals surface area contributed by atoms with Crippen molar-refractivity contribution in [1.82, 2.24) is 10.3 Å². The number of rotatable bonds is 4. The van der Waals surface area contributed by atoms with E-state index >= 15 is 0 Å². The van der Waals surface area contributed by atoms with Crippen molar-refractivity contribution < 1.29 is 9.90 Å². The normalized spacial score (nSPS) is 18.0. The summed E-state index contributed by atoms with van der Waals surface area (Å²) in [4.78, 5) is 16.0. The summed E-state index contributed by atoms with van der Waals surface area (Å²) in [6.45, 7) is -0.0138. The highest BCUT2D eigenvalue weighted by molar-refractivity contribution is 7.99. The molecule has 0 radical (unpaired) electrons. The lowest BCUT2D eigenvalue weighted by Crippen LogP contribution is -2.54. The van der Waals surface area contributed by atoms with Gasteiger partial charge < -0.3 is 10.4 Å². The molecule has 1 aliphatic rings. The minimum Gasteiger partial charge on any atom is -0.394 e. The molecular formula is C13H17ClN2O2S. The second-order valence-electron chi connectivity index (χ2n) is 4.73. The fraction of sp³-hybridized carbons (Fsp3) is 0.538. The van der Waals surface area contributed by atoms with Gasteiger partial charge in [0.2, 0.25) is 5.91 Å². The van der Waals surface area contributed by atoms with Crippen molar-refractivity contribution in [1.29, 1.82) is 0 Å². The highest BCUT2D eigenvalue weighted by Gasteiger charge is 2.33. The first-order valence-corrected chi connectivity index (χ1v) is 7.77. The maximum atomic E-state index is 12.1. The van der Waals surface area contributed by atoms with Crippen LogP contribution in [0.25, 0.3) is 0 Å². The SMILES string of the molecule is O=C(Cc1cccnc1Cl)NC1(CO)CCSCC1. The van der Waals surface area contributed by atoms with Crippen LogP contribution in [0.4, 0.5) is 0 Å². The number of aromatic nitrogens is 1. The van der Waals surface area contributed by atoms with Crippen molar-refractivity contribution in [2.75, 3.05) is 18.1 Å². The summed E-state index contributed by atoms with van der Waals surface area (Å²) in [7, 11) is 0. The number of halogens is 1. The molecule has 0 spiro atoms. The fourth-order valence-electron chi connectivity index (χ4n) is 2.15. The van der Waals surface area contributed by atoms with Crippen LogP contribution < -0.4 is 5.32 Å². The predicted octanol–water partition coefficient (Wildman–Crippen LogP) is 1.65. The molecule has 104 valence electrons. The summed E-state index contributed by atoms with van der Waals surface area (Å²) in [5.74, 6) is 1.82.